The Kier molecular flexibility index (Phi) is 6.75. The molecule has 11 heteroatoms. The molecule has 0 aliphatic carbocycles. The van der Waals surface area contributed by atoms with Gasteiger partial charge in [-0.1, -0.05) is 6.07 Å². The predicted octanol–water partition coefficient (Wildman–Crippen LogP) is 2.47. The fourth-order valence-electron chi connectivity index (χ4n) is 2.63. The molecule has 3 amide bonds. The lowest BCUT2D eigenvalue weighted by Crippen LogP contribution is -2.30. The Hall–Kier alpha value is -3.60. The molecule has 1 N–H and O–H groups in total. The van der Waals surface area contributed by atoms with E-state index in [1.165, 1.54) is 32.4 Å². The Morgan fingerprint density at radius 2 is 1.94 bits per heavy atom. The molecule has 1 fully saturated rings. The molecule has 1 saturated heterocycles. The lowest BCUT2D eigenvalue weighted by Gasteiger charge is -2.09. The molecule has 2 aromatic rings. The first-order chi connectivity index (χ1) is 14.8. The maximum absolute atomic E-state index is 12.6. The third-order valence-electron chi connectivity index (χ3n) is 4.16. The molecular formula is C20H17BrN2O8. The SMILES string of the molecule is COC(=O)COc1ccc(/C=C2\NC(=O)N(Cc3ccc(C(=O)OC)o3)C2=O)cc1Br. The second kappa shape index (κ2) is 9.47. The smallest absolute Gasteiger partial charge is 0.373 e. The van der Waals surface area contributed by atoms with Gasteiger partial charge in [-0.25, -0.2) is 14.4 Å². The van der Waals surface area contributed by atoms with Crippen molar-refractivity contribution < 1.29 is 37.8 Å². The number of carbonyl (C=O) groups is 4. The van der Waals surface area contributed by atoms with Crippen LogP contribution in [-0.2, 0) is 25.6 Å². The van der Waals surface area contributed by atoms with E-state index < -0.39 is 23.9 Å². The minimum atomic E-state index is -0.659. The van der Waals surface area contributed by atoms with Gasteiger partial charge in [0.25, 0.3) is 5.91 Å². The molecule has 1 aliphatic heterocycles. The lowest BCUT2D eigenvalue weighted by atomic mass is 10.2. The summed E-state index contributed by atoms with van der Waals surface area (Å²) in [6.45, 7) is -0.396. The van der Waals surface area contributed by atoms with Crippen molar-refractivity contribution in [2.75, 3.05) is 20.8 Å². The summed E-state index contributed by atoms with van der Waals surface area (Å²) in [6.07, 6.45) is 1.50. The number of benzene rings is 1. The van der Waals surface area contributed by atoms with Crippen LogP contribution >= 0.6 is 15.9 Å². The molecule has 0 radical (unpaired) electrons. The first-order valence-corrected chi connectivity index (χ1v) is 9.62. The van der Waals surface area contributed by atoms with E-state index in [9.17, 15) is 19.2 Å². The summed E-state index contributed by atoms with van der Waals surface area (Å²) in [5.41, 5.74) is 0.675. The molecule has 10 nitrogen and oxygen atoms in total. The number of esters is 2. The number of urea groups is 1. The number of rotatable bonds is 7. The number of imide groups is 1. The van der Waals surface area contributed by atoms with E-state index in [4.69, 9.17) is 9.15 Å². The lowest BCUT2D eigenvalue weighted by molar-refractivity contribution is -0.142. The number of nitrogens with zero attached hydrogens (tertiary/aromatic N) is 1. The van der Waals surface area contributed by atoms with Gasteiger partial charge in [-0.2, -0.15) is 0 Å². The summed E-state index contributed by atoms with van der Waals surface area (Å²) in [5.74, 6) is -1.10. The molecule has 162 valence electrons. The van der Waals surface area contributed by atoms with Crippen LogP contribution in [0.25, 0.3) is 6.08 Å². The molecule has 0 spiro atoms. The Bertz CT molecular complexity index is 1070. The summed E-state index contributed by atoms with van der Waals surface area (Å²) in [4.78, 5) is 48.5. The molecule has 0 atom stereocenters. The molecule has 1 aromatic heterocycles. The summed E-state index contributed by atoms with van der Waals surface area (Å²) in [5, 5.41) is 2.50. The van der Waals surface area contributed by atoms with Crippen molar-refractivity contribution >= 4 is 45.9 Å². The fourth-order valence-corrected chi connectivity index (χ4v) is 3.14. The highest BCUT2D eigenvalue weighted by Crippen LogP contribution is 2.27. The van der Waals surface area contributed by atoms with Crippen LogP contribution in [0.2, 0.25) is 0 Å². The average Bonchev–Trinajstić information content (AvgIpc) is 3.33. The Morgan fingerprint density at radius 3 is 2.61 bits per heavy atom. The zero-order valence-electron chi connectivity index (χ0n) is 16.5. The average molecular weight is 493 g/mol. The number of hydrogen-bond donors (Lipinski definition) is 1. The van der Waals surface area contributed by atoms with Crippen LogP contribution in [0, 0.1) is 0 Å². The van der Waals surface area contributed by atoms with Crippen molar-refractivity contribution in [3.63, 3.8) is 0 Å². The Labute approximate surface area is 184 Å². The summed E-state index contributed by atoms with van der Waals surface area (Å²) in [6, 6.07) is 7.19. The highest BCUT2D eigenvalue weighted by Gasteiger charge is 2.34. The summed E-state index contributed by atoms with van der Waals surface area (Å²) in [7, 11) is 2.48. The van der Waals surface area contributed by atoms with Crippen molar-refractivity contribution in [1.29, 1.82) is 0 Å². The molecule has 0 unspecified atom stereocenters. The van der Waals surface area contributed by atoms with Crippen LogP contribution in [0.1, 0.15) is 21.9 Å². The first kappa shape index (κ1) is 22.1. The fraction of sp³-hybridized carbons (Fsp3) is 0.200. The standard InChI is InChI=1S/C20H17BrN2O8/c1-28-17(24)10-30-15-5-3-11(7-13(15)21)8-14-18(25)23(20(27)22-14)9-12-4-6-16(31-12)19(26)29-2/h3-8H,9-10H2,1-2H3,(H,22,27)/b14-8-. The zero-order chi connectivity index (χ0) is 22.5. The van der Waals surface area contributed by atoms with Gasteiger partial charge in [0.15, 0.2) is 6.61 Å². The van der Waals surface area contributed by atoms with Crippen LogP contribution in [0.5, 0.6) is 5.75 Å². The van der Waals surface area contributed by atoms with Gasteiger partial charge in [0.05, 0.1) is 25.2 Å². The number of furan rings is 1. The maximum atomic E-state index is 12.6. The normalized spacial score (nSPS) is 14.5. The van der Waals surface area contributed by atoms with Crippen molar-refractivity contribution in [1.82, 2.24) is 10.2 Å². The summed E-state index contributed by atoms with van der Waals surface area (Å²) >= 11 is 3.33. The van der Waals surface area contributed by atoms with Gasteiger partial charge in [0.2, 0.25) is 5.76 Å². The molecule has 0 bridgehead atoms. The minimum Gasteiger partial charge on any atom is -0.481 e. The van der Waals surface area contributed by atoms with Crippen molar-refractivity contribution in [2.24, 2.45) is 0 Å². The Morgan fingerprint density at radius 1 is 1.16 bits per heavy atom. The summed E-state index contributed by atoms with van der Waals surface area (Å²) < 4.78 is 20.3. The van der Waals surface area contributed by atoms with E-state index >= 15 is 0 Å². The number of hydrogen-bond acceptors (Lipinski definition) is 8. The quantitative estimate of drug-likeness (QED) is 0.355. The predicted molar refractivity (Wildman–Crippen MR) is 109 cm³/mol. The second-order valence-corrected chi connectivity index (χ2v) is 7.05. The van der Waals surface area contributed by atoms with E-state index in [2.05, 4.69) is 30.7 Å². The number of carbonyl (C=O) groups excluding carboxylic acids is 4. The van der Waals surface area contributed by atoms with Gasteiger partial charge < -0.3 is 23.9 Å². The largest absolute Gasteiger partial charge is 0.481 e. The minimum absolute atomic E-state index is 0.0281. The van der Waals surface area contributed by atoms with Crippen LogP contribution in [0.4, 0.5) is 4.79 Å². The first-order valence-electron chi connectivity index (χ1n) is 8.83. The number of halogens is 1. The molecule has 1 aliphatic rings. The van der Waals surface area contributed by atoms with E-state index in [1.54, 1.807) is 18.2 Å². The van der Waals surface area contributed by atoms with Gasteiger partial charge in [-0.05, 0) is 51.8 Å². The third kappa shape index (κ3) is 5.12. The second-order valence-electron chi connectivity index (χ2n) is 6.19. The number of nitrogens with one attached hydrogen (secondary N) is 1. The molecule has 1 aromatic carbocycles. The number of ether oxygens (including phenoxy) is 3. The molecule has 2 heterocycles. The van der Waals surface area contributed by atoms with Crippen LogP contribution in [0.15, 0.2) is 44.9 Å². The van der Waals surface area contributed by atoms with Gasteiger partial charge in [0.1, 0.15) is 17.2 Å². The van der Waals surface area contributed by atoms with Crippen molar-refractivity contribution in [2.45, 2.75) is 6.54 Å². The molecular weight excluding hydrogens is 476 g/mol. The van der Waals surface area contributed by atoms with Gasteiger partial charge in [-0.3, -0.25) is 9.69 Å². The third-order valence-corrected chi connectivity index (χ3v) is 4.78. The van der Waals surface area contributed by atoms with E-state index in [-0.39, 0.29) is 30.4 Å². The van der Waals surface area contributed by atoms with E-state index in [0.29, 0.717) is 15.8 Å². The van der Waals surface area contributed by atoms with Crippen LogP contribution in [-0.4, -0.2) is 49.6 Å². The zero-order valence-corrected chi connectivity index (χ0v) is 18.1. The molecule has 31 heavy (non-hydrogen) atoms. The molecule has 0 saturated carbocycles. The van der Waals surface area contributed by atoms with Crippen molar-refractivity contribution in [3.8, 4) is 5.75 Å². The number of methoxy groups -OCH3 is 2. The van der Waals surface area contributed by atoms with Crippen LogP contribution in [0.3, 0.4) is 0 Å². The Balaban J connectivity index is 1.71. The van der Waals surface area contributed by atoms with Gasteiger partial charge >= 0.3 is 18.0 Å². The van der Waals surface area contributed by atoms with E-state index in [1.807, 2.05) is 0 Å². The van der Waals surface area contributed by atoms with E-state index in [0.717, 1.165) is 4.90 Å². The maximum Gasteiger partial charge on any atom is 0.373 e. The topological polar surface area (TPSA) is 124 Å². The highest BCUT2D eigenvalue weighted by molar-refractivity contribution is 9.10. The van der Waals surface area contributed by atoms with Gasteiger partial charge in [0, 0.05) is 0 Å². The molecule has 3 rings (SSSR count). The van der Waals surface area contributed by atoms with Gasteiger partial charge in [-0.15, -0.1) is 0 Å². The highest BCUT2D eigenvalue weighted by atomic mass is 79.9. The number of amides is 3. The van der Waals surface area contributed by atoms with Crippen LogP contribution < -0.4 is 10.1 Å². The van der Waals surface area contributed by atoms with Crippen molar-refractivity contribution in [3.05, 3.63) is 57.6 Å². The monoisotopic (exact) mass is 492 g/mol.